The lowest BCUT2D eigenvalue weighted by Gasteiger charge is -2.06. The molecule has 1 heterocycles. The van der Waals surface area contributed by atoms with Gasteiger partial charge in [-0.05, 0) is 54.1 Å². The van der Waals surface area contributed by atoms with Gasteiger partial charge in [0.15, 0.2) is 5.82 Å². The molecular formula is C26H19BrN4O. The zero-order chi connectivity index (χ0) is 22.1. The Bertz CT molecular complexity index is 1360. The standard InChI is InChI=1S/C26H19BrN4O/c1-17-6-14-23(15-7-17)31-25(19-8-11-21(27)12-9-19)29-24(30-31)26(32)28-22-13-10-18-4-2-3-5-20(18)16-22/h2-16H,1H3,(H,28,32). The Morgan fingerprint density at radius 1 is 0.875 bits per heavy atom. The van der Waals surface area contributed by atoms with Crippen molar-refractivity contribution >= 4 is 38.3 Å². The lowest BCUT2D eigenvalue weighted by Crippen LogP contribution is -2.14. The molecule has 1 aromatic heterocycles. The van der Waals surface area contributed by atoms with Gasteiger partial charge in [-0.3, -0.25) is 4.79 Å². The van der Waals surface area contributed by atoms with Crippen molar-refractivity contribution in [2.45, 2.75) is 6.92 Å². The summed E-state index contributed by atoms with van der Waals surface area (Å²) in [4.78, 5) is 17.6. The van der Waals surface area contributed by atoms with E-state index in [0.717, 1.165) is 32.1 Å². The lowest BCUT2D eigenvalue weighted by atomic mass is 10.1. The minimum atomic E-state index is -0.357. The van der Waals surface area contributed by atoms with E-state index in [2.05, 4.69) is 31.3 Å². The second-order valence-electron chi connectivity index (χ2n) is 7.53. The predicted molar refractivity (Wildman–Crippen MR) is 131 cm³/mol. The average Bonchev–Trinajstić information content (AvgIpc) is 3.26. The first kappa shape index (κ1) is 20.2. The van der Waals surface area contributed by atoms with Gasteiger partial charge in [0.25, 0.3) is 5.91 Å². The topological polar surface area (TPSA) is 59.8 Å². The molecule has 5 aromatic rings. The number of benzene rings is 4. The van der Waals surface area contributed by atoms with Crippen LogP contribution in [0.25, 0.3) is 27.8 Å². The number of carbonyl (C=O) groups excluding carboxylic acids is 1. The van der Waals surface area contributed by atoms with Crippen LogP contribution in [-0.4, -0.2) is 20.7 Å². The lowest BCUT2D eigenvalue weighted by molar-refractivity contribution is 0.101. The van der Waals surface area contributed by atoms with Crippen LogP contribution in [-0.2, 0) is 0 Å². The number of aryl methyl sites for hydroxylation is 1. The maximum Gasteiger partial charge on any atom is 0.295 e. The van der Waals surface area contributed by atoms with Gasteiger partial charge in [0.05, 0.1) is 5.69 Å². The van der Waals surface area contributed by atoms with Gasteiger partial charge in [-0.1, -0.05) is 76.1 Å². The van der Waals surface area contributed by atoms with E-state index >= 15 is 0 Å². The molecule has 1 amide bonds. The van der Waals surface area contributed by atoms with Gasteiger partial charge in [-0.2, -0.15) is 0 Å². The van der Waals surface area contributed by atoms with Crippen LogP contribution in [0.15, 0.2) is 95.5 Å². The minimum absolute atomic E-state index is 0.108. The molecule has 0 fully saturated rings. The van der Waals surface area contributed by atoms with Crippen molar-refractivity contribution in [2.75, 3.05) is 5.32 Å². The molecule has 0 unspecified atom stereocenters. The molecule has 0 aliphatic heterocycles. The van der Waals surface area contributed by atoms with Crippen LogP contribution in [0.5, 0.6) is 0 Å². The third-order valence-corrected chi connectivity index (χ3v) is 5.73. The third-order valence-electron chi connectivity index (χ3n) is 5.20. The summed E-state index contributed by atoms with van der Waals surface area (Å²) in [5.41, 5.74) is 3.55. The van der Waals surface area contributed by atoms with E-state index in [1.165, 1.54) is 0 Å². The molecule has 32 heavy (non-hydrogen) atoms. The van der Waals surface area contributed by atoms with Crippen LogP contribution >= 0.6 is 15.9 Å². The van der Waals surface area contributed by atoms with Crippen molar-refractivity contribution in [2.24, 2.45) is 0 Å². The van der Waals surface area contributed by atoms with Crippen molar-refractivity contribution in [3.05, 3.63) is 107 Å². The van der Waals surface area contributed by atoms with Gasteiger partial charge >= 0.3 is 0 Å². The molecule has 5 rings (SSSR count). The van der Waals surface area contributed by atoms with E-state index in [9.17, 15) is 4.79 Å². The molecule has 0 aliphatic rings. The first-order chi connectivity index (χ1) is 15.6. The number of aromatic nitrogens is 3. The van der Waals surface area contributed by atoms with E-state index in [4.69, 9.17) is 0 Å². The number of fused-ring (bicyclic) bond motifs is 1. The van der Waals surface area contributed by atoms with Crippen molar-refractivity contribution in [3.63, 3.8) is 0 Å². The van der Waals surface area contributed by atoms with Crippen LogP contribution in [0.4, 0.5) is 5.69 Å². The number of nitrogens with one attached hydrogen (secondary N) is 1. The number of halogens is 1. The molecule has 156 valence electrons. The van der Waals surface area contributed by atoms with E-state index in [1.807, 2.05) is 97.9 Å². The molecule has 0 bridgehead atoms. The fraction of sp³-hybridized carbons (Fsp3) is 0.0385. The Labute approximate surface area is 193 Å². The smallest absolute Gasteiger partial charge is 0.295 e. The molecule has 4 aromatic carbocycles. The second kappa shape index (κ2) is 8.40. The normalized spacial score (nSPS) is 10.9. The maximum atomic E-state index is 13.0. The van der Waals surface area contributed by atoms with Crippen molar-refractivity contribution < 1.29 is 4.79 Å². The van der Waals surface area contributed by atoms with Crippen LogP contribution < -0.4 is 5.32 Å². The summed E-state index contributed by atoms with van der Waals surface area (Å²) in [6.45, 7) is 2.03. The largest absolute Gasteiger partial charge is 0.319 e. The highest BCUT2D eigenvalue weighted by molar-refractivity contribution is 9.10. The van der Waals surface area contributed by atoms with Gasteiger partial charge in [-0.15, -0.1) is 5.10 Å². The van der Waals surface area contributed by atoms with Crippen molar-refractivity contribution in [3.8, 4) is 17.1 Å². The van der Waals surface area contributed by atoms with Gasteiger partial charge in [0.1, 0.15) is 0 Å². The van der Waals surface area contributed by atoms with Gasteiger partial charge in [-0.25, -0.2) is 9.67 Å². The molecule has 6 heteroatoms. The summed E-state index contributed by atoms with van der Waals surface area (Å²) in [6.07, 6.45) is 0. The van der Waals surface area contributed by atoms with Crippen LogP contribution in [0.2, 0.25) is 0 Å². The first-order valence-electron chi connectivity index (χ1n) is 10.2. The Balaban J connectivity index is 1.52. The number of carbonyl (C=O) groups is 1. The highest BCUT2D eigenvalue weighted by atomic mass is 79.9. The van der Waals surface area contributed by atoms with Crippen LogP contribution in [0.1, 0.15) is 16.2 Å². The highest BCUT2D eigenvalue weighted by Gasteiger charge is 2.19. The fourth-order valence-corrected chi connectivity index (χ4v) is 3.78. The van der Waals surface area contributed by atoms with E-state index in [1.54, 1.807) is 4.68 Å². The van der Waals surface area contributed by atoms with Gasteiger partial charge in [0, 0.05) is 15.7 Å². The summed E-state index contributed by atoms with van der Waals surface area (Å²) >= 11 is 3.47. The number of rotatable bonds is 4. The Kier molecular flexibility index (Phi) is 5.29. The predicted octanol–water partition coefficient (Wildman–Crippen LogP) is 6.41. The zero-order valence-electron chi connectivity index (χ0n) is 17.3. The fourth-order valence-electron chi connectivity index (χ4n) is 3.51. The van der Waals surface area contributed by atoms with Gasteiger partial charge in [0.2, 0.25) is 5.82 Å². The molecule has 0 saturated carbocycles. The summed E-state index contributed by atoms with van der Waals surface area (Å²) in [5, 5.41) is 9.65. The summed E-state index contributed by atoms with van der Waals surface area (Å²) in [6, 6.07) is 29.6. The number of hydrogen-bond acceptors (Lipinski definition) is 3. The van der Waals surface area contributed by atoms with Crippen molar-refractivity contribution in [1.29, 1.82) is 0 Å². The quantitative estimate of drug-likeness (QED) is 0.321. The summed E-state index contributed by atoms with van der Waals surface area (Å²) < 4.78 is 2.68. The average molecular weight is 483 g/mol. The van der Waals surface area contributed by atoms with Gasteiger partial charge < -0.3 is 5.32 Å². The Morgan fingerprint density at radius 3 is 2.34 bits per heavy atom. The van der Waals surface area contributed by atoms with E-state index in [0.29, 0.717) is 11.5 Å². The molecule has 5 nitrogen and oxygen atoms in total. The molecule has 0 radical (unpaired) electrons. The molecule has 0 spiro atoms. The Morgan fingerprint density at radius 2 is 1.59 bits per heavy atom. The maximum absolute atomic E-state index is 13.0. The van der Waals surface area contributed by atoms with Crippen LogP contribution in [0.3, 0.4) is 0 Å². The van der Waals surface area contributed by atoms with Crippen molar-refractivity contribution in [1.82, 2.24) is 14.8 Å². The van der Waals surface area contributed by atoms with E-state index in [-0.39, 0.29) is 11.7 Å². The number of anilines is 1. The number of amides is 1. The van der Waals surface area contributed by atoms with E-state index < -0.39 is 0 Å². The highest BCUT2D eigenvalue weighted by Crippen LogP contribution is 2.24. The molecule has 0 atom stereocenters. The third kappa shape index (κ3) is 4.05. The van der Waals surface area contributed by atoms with Crippen LogP contribution in [0, 0.1) is 6.92 Å². The Hall–Kier alpha value is -3.77. The molecule has 1 N–H and O–H groups in total. The summed E-state index contributed by atoms with van der Waals surface area (Å²) in [7, 11) is 0. The SMILES string of the molecule is Cc1ccc(-n2nc(C(=O)Nc3ccc4ccccc4c3)nc2-c2ccc(Br)cc2)cc1. The number of hydrogen-bond donors (Lipinski definition) is 1. The monoisotopic (exact) mass is 482 g/mol. The molecule has 0 saturated heterocycles. The first-order valence-corrected chi connectivity index (χ1v) is 11.0. The minimum Gasteiger partial charge on any atom is -0.319 e. The zero-order valence-corrected chi connectivity index (χ0v) is 18.9. The second-order valence-corrected chi connectivity index (χ2v) is 8.44. The number of nitrogens with zero attached hydrogens (tertiary/aromatic N) is 3. The molecule has 0 aliphatic carbocycles. The summed E-state index contributed by atoms with van der Waals surface area (Å²) in [5.74, 6) is 0.353. The molecular weight excluding hydrogens is 464 g/mol.